The smallest absolute Gasteiger partial charge is 0.146 e. The second-order valence-corrected chi connectivity index (χ2v) is 8.24. The maximum atomic E-state index is 15.0. The van der Waals surface area contributed by atoms with E-state index in [1.165, 1.54) is 22.3 Å². The normalized spacial score (nSPS) is 10.6. The monoisotopic (exact) mass is 418 g/mol. The van der Waals surface area contributed by atoms with Crippen LogP contribution >= 0.6 is 0 Å². The van der Waals surface area contributed by atoms with Crippen molar-refractivity contribution in [3.8, 4) is 11.8 Å². The molecule has 0 unspecified atom stereocenters. The number of benzene rings is 4. The van der Waals surface area contributed by atoms with Crippen LogP contribution in [0.4, 0.5) is 4.39 Å². The van der Waals surface area contributed by atoms with Crippen LogP contribution in [0, 0.1) is 24.6 Å². The summed E-state index contributed by atoms with van der Waals surface area (Å²) in [7, 11) is 0. The van der Waals surface area contributed by atoms with E-state index in [1.807, 2.05) is 55.5 Å². The minimum Gasteiger partial charge on any atom is -0.205 e. The van der Waals surface area contributed by atoms with E-state index in [1.54, 1.807) is 6.07 Å². The van der Waals surface area contributed by atoms with E-state index in [0.717, 1.165) is 36.6 Å². The van der Waals surface area contributed by atoms with Gasteiger partial charge in [-0.3, -0.25) is 0 Å². The SMILES string of the molecule is C=CCCc1ccc(CCc2ccc3c(F)c(C#Cc4ccc(C)cc4)ccc3c2)cc1. The number of hydrogen-bond donors (Lipinski definition) is 0. The lowest BCUT2D eigenvalue weighted by atomic mass is 9.98. The van der Waals surface area contributed by atoms with E-state index >= 15 is 4.39 Å². The average Bonchev–Trinajstić information content (AvgIpc) is 2.82. The van der Waals surface area contributed by atoms with Crippen LogP contribution in [0.3, 0.4) is 0 Å². The molecule has 0 atom stereocenters. The van der Waals surface area contributed by atoms with Crippen LogP contribution in [0.15, 0.2) is 91.5 Å². The van der Waals surface area contributed by atoms with Crippen LogP contribution in [0.1, 0.15) is 39.8 Å². The molecule has 4 aromatic carbocycles. The fourth-order valence-electron chi connectivity index (χ4n) is 3.80. The highest BCUT2D eigenvalue weighted by molar-refractivity contribution is 5.85. The number of halogens is 1. The molecule has 0 fully saturated rings. The van der Waals surface area contributed by atoms with E-state index < -0.39 is 0 Å². The van der Waals surface area contributed by atoms with Gasteiger partial charge in [-0.1, -0.05) is 84.1 Å². The zero-order valence-corrected chi connectivity index (χ0v) is 18.5. The lowest BCUT2D eigenvalue weighted by Gasteiger charge is -2.07. The van der Waals surface area contributed by atoms with Crippen LogP contribution in [-0.4, -0.2) is 0 Å². The molecule has 0 N–H and O–H groups in total. The molecule has 0 aliphatic rings. The molecule has 0 aliphatic carbocycles. The Kier molecular flexibility index (Phi) is 6.83. The average molecular weight is 419 g/mol. The molecule has 0 nitrogen and oxygen atoms in total. The van der Waals surface area contributed by atoms with Crippen molar-refractivity contribution in [2.75, 3.05) is 0 Å². The standard InChI is InChI=1S/C31H27F/c1-3-4-5-24-10-12-26(13-11-24)14-15-27-17-21-30-29(22-27)20-19-28(31(30)32)18-16-25-8-6-23(2)7-9-25/h3,6-13,17,19-22H,1,4-5,14-15H2,2H3. The van der Waals surface area contributed by atoms with E-state index in [0.29, 0.717) is 10.9 Å². The molecule has 158 valence electrons. The molecule has 1 heteroatoms. The van der Waals surface area contributed by atoms with Gasteiger partial charge in [0.25, 0.3) is 0 Å². The third kappa shape index (κ3) is 5.34. The van der Waals surface area contributed by atoms with E-state index in [-0.39, 0.29) is 5.82 Å². The van der Waals surface area contributed by atoms with E-state index in [4.69, 9.17) is 0 Å². The van der Waals surface area contributed by atoms with Gasteiger partial charge in [-0.15, -0.1) is 6.58 Å². The minimum absolute atomic E-state index is 0.247. The van der Waals surface area contributed by atoms with Crippen LogP contribution in [0.25, 0.3) is 10.8 Å². The van der Waals surface area contributed by atoms with Gasteiger partial charge < -0.3 is 0 Å². The van der Waals surface area contributed by atoms with Gasteiger partial charge in [-0.25, -0.2) is 4.39 Å². The Morgan fingerprint density at radius 3 is 2.12 bits per heavy atom. The van der Waals surface area contributed by atoms with Crippen molar-refractivity contribution in [3.05, 3.63) is 131 Å². The summed E-state index contributed by atoms with van der Waals surface area (Å²) in [6.45, 7) is 5.82. The summed E-state index contributed by atoms with van der Waals surface area (Å²) in [5, 5.41) is 1.54. The van der Waals surface area contributed by atoms with Crippen molar-refractivity contribution in [2.24, 2.45) is 0 Å². The van der Waals surface area contributed by atoms with Gasteiger partial charge in [0.05, 0.1) is 5.56 Å². The zero-order valence-electron chi connectivity index (χ0n) is 18.5. The maximum Gasteiger partial charge on any atom is 0.146 e. The Hall–Kier alpha value is -3.63. The first-order chi connectivity index (χ1) is 15.6. The summed E-state index contributed by atoms with van der Waals surface area (Å²) < 4.78 is 15.0. The van der Waals surface area contributed by atoms with Crippen molar-refractivity contribution in [1.29, 1.82) is 0 Å². The van der Waals surface area contributed by atoms with Crippen molar-refractivity contribution in [2.45, 2.75) is 32.6 Å². The van der Waals surface area contributed by atoms with Gasteiger partial charge >= 0.3 is 0 Å². The van der Waals surface area contributed by atoms with Gasteiger partial charge in [0, 0.05) is 10.9 Å². The Labute approximate surface area is 190 Å². The predicted octanol–water partition coefficient (Wildman–Crippen LogP) is 7.59. The zero-order chi connectivity index (χ0) is 22.3. The third-order valence-corrected chi connectivity index (χ3v) is 5.77. The van der Waals surface area contributed by atoms with Gasteiger partial charge in [0.1, 0.15) is 5.82 Å². The van der Waals surface area contributed by atoms with Crippen LogP contribution in [0.5, 0.6) is 0 Å². The molecular weight excluding hydrogens is 391 g/mol. The lowest BCUT2D eigenvalue weighted by Crippen LogP contribution is -1.94. The molecule has 0 amide bonds. The van der Waals surface area contributed by atoms with Crippen LogP contribution < -0.4 is 0 Å². The van der Waals surface area contributed by atoms with Crippen LogP contribution in [-0.2, 0) is 19.3 Å². The molecule has 0 aromatic heterocycles. The Morgan fingerprint density at radius 2 is 1.41 bits per heavy atom. The van der Waals surface area contributed by atoms with Gasteiger partial charge in [0.2, 0.25) is 0 Å². The summed E-state index contributed by atoms with van der Waals surface area (Å²) in [4.78, 5) is 0. The molecule has 0 radical (unpaired) electrons. The second-order valence-electron chi connectivity index (χ2n) is 8.24. The molecule has 4 rings (SSSR count). The molecule has 0 saturated heterocycles. The third-order valence-electron chi connectivity index (χ3n) is 5.77. The first-order valence-electron chi connectivity index (χ1n) is 11.1. The number of aryl methyl sites for hydroxylation is 4. The molecule has 0 bridgehead atoms. The maximum absolute atomic E-state index is 15.0. The topological polar surface area (TPSA) is 0 Å². The van der Waals surface area contributed by atoms with Crippen molar-refractivity contribution >= 4 is 10.8 Å². The highest BCUT2D eigenvalue weighted by Gasteiger charge is 2.07. The largest absolute Gasteiger partial charge is 0.205 e. The molecule has 0 saturated carbocycles. The highest BCUT2D eigenvalue weighted by Crippen LogP contribution is 2.23. The molecule has 32 heavy (non-hydrogen) atoms. The first-order valence-corrected chi connectivity index (χ1v) is 11.1. The van der Waals surface area contributed by atoms with E-state index in [9.17, 15) is 0 Å². The molecule has 0 spiro atoms. The molecule has 0 aliphatic heterocycles. The van der Waals surface area contributed by atoms with Crippen LogP contribution in [0.2, 0.25) is 0 Å². The fourth-order valence-corrected chi connectivity index (χ4v) is 3.80. The number of hydrogen-bond acceptors (Lipinski definition) is 0. The van der Waals surface area contributed by atoms with Crippen molar-refractivity contribution < 1.29 is 4.39 Å². The van der Waals surface area contributed by atoms with Gasteiger partial charge in [-0.05, 0) is 72.9 Å². The van der Waals surface area contributed by atoms with Crippen molar-refractivity contribution in [1.82, 2.24) is 0 Å². The lowest BCUT2D eigenvalue weighted by molar-refractivity contribution is 0.636. The molecular formula is C31H27F. The molecule has 4 aromatic rings. The second kappa shape index (κ2) is 10.1. The van der Waals surface area contributed by atoms with Crippen molar-refractivity contribution in [3.63, 3.8) is 0 Å². The number of allylic oxidation sites excluding steroid dienone is 1. The highest BCUT2D eigenvalue weighted by atomic mass is 19.1. The Balaban J connectivity index is 1.47. The van der Waals surface area contributed by atoms with Gasteiger partial charge in [0.15, 0.2) is 0 Å². The Morgan fingerprint density at radius 1 is 0.750 bits per heavy atom. The summed E-state index contributed by atoms with van der Waals surface area (Å²) >= 11 is 0. The summed E-state index contributed by atoms with van der Waals surface area (Å²) in [5.41, 5.74) is 6.38. The summed E-state index contributed by atoms with van der Waals surface area (Å²) in [6, 6.07) is 26.5. The molecule has 0 heterocycles. The first kappa shape index (κ1) is 21.6. The minimum atomic E-state index is -0.247. The quantitative estimate of drug-likeness (QED) is 0.223. The number of rotatable bonds is 6. The van der Waals surface area contributed by atoms with Gasteiger partial charge in [-0.2, -0.15) is 0 Å². The summed E-state index contributed by atoms with van der Waals surface area (Å²) in [6.07, 6.45) is 5.90. The predicted molar refractivity (Wildman–Crippen MR) is 133 cm³/mol. The number of fused-ring (bicyclic) bond motifs is 1. The fraction of sp³-hybridized carbons (Fsp3) is 0.161. The Bertz CT molecular complexity index is 1280. The summed E-state index contributed by atoms with van der Waals surface area (Å²) in [5.74, 6) is 5.81. The van der Waals surface area contributed by atoms with E-state index in [2.05, 4.69) is 48.8 Å².